The number of hydrogen-bond acceptors (Lipinski definition) is 6. The quantitative estimate of drug-likeness (QED) is 0.491. The first-order chi connectivity index (χ1) is 15.1. The smallest absolute Gasteiger partial charge is 0.407 e. The van der Waals surface area contributed by atoms with Crippen LogP contribution in [-0.4, -0.2) is 57.4 Å². The Morgan fingerprint density at radius 3 is 2.52 bits per heavy atom. The van der Waals surface area contributed by atoms with Gasteiger partial charge in [0.05, 0.1) is 12.2 Å². The first-order valence-corrected chi connectivity index (χ1v) is 10.3. The summed E-state index contributed by atoms with van der Waals surface area (Å²) in [6, 6.07) is 19.9. The van der Waals surface area contributed by atoms with Crippen molar-refractivity contribution in [2.45, 2.75) is 32.2 Å². The van der Waals surface area contributed by atoms with Crippen molar-refractivity contribution in [3.8, 4) is 0 Å². The minimum atomic E-state index is -0.868. The van der Waals surface area contributed by atoms with Gasteiger partial charge in [0.1, 0.15) is 12.7 Å². The van der Waals surface area contributed by atoms with E-state index in [-0.39, 0.29) is 13.2 Å². The SMILES string of the molecule is CN(CCc1ccccc1)Cc1cn(CC(O)COC(=O)NCc2ccccc2)nn1. The molecule has 1 aromatic heterocycles. The Labute approximate surface area is 182 Å². The summed E-state index contributed by atoms with van der Waals surface area (Å²) in [5.74, 6) is 0. The van der Waals surface area contributed by atoms with Crippen LogP contribution in [0.15, 0.2) is 66.9 Å². The average molecular weight is 424 g/mol. The van der Waals surface area contributed by atoms with Gasteiger partial charge in [-0.05, 0) is 24.6 Å². The van der Waals surface area contributed by atoms with Crippen molar-refractivity contribution >= 4 is 6.09 Å². The number of aliphatic hydroxyl groups excluding tert-OH is 1. The Hall–Kier alpha value is -3.23. The van der Waals surface area contributed by atoms with E-state index in [0.29, 0.717) is 13.1 Å². The van der Waals surface area contributed by atoms with Gasteiger partial charge in [-0.15, -0.1) is 5.10 Å². The van der Waals surface area contributed by atoms with Crippen LogP contribution in [0.1, 0.15) is 16.8 Å². The maximum atomic E-state index is 11.8. The number of nitrogens with one attached hydrogen (secondary N) is 1. The highest BCUT2D eigenvalue weighted by molar-refractivity contribution is 5.67. The van der Waals surface area contributed by atoms with Crippen LogP contribution < -0.4 is 5.32 Å². The summed E-state index contributed by atoms with van der Waals surface area (Å²) in [5.41, 5.74) is 3.10. The molecule has 0 radical (unpaired) electrons. The molecule has 0 bridgehead atoms. The van der Waals surface area contributed by atoms with E-state index in [1.165, 1.54) is 5.56 Å². The van der Waals surface area contributed by atoms with E-state index in [1.807, 2.05) is 55.6 Å². The maximum Gasteiger partial charge on any atom is 0.407 e. The van der Waals surface area contributed by atoms with Crippen molar-refractivity contribution in [1.82, 2.24) is 25.2 Å². The molecule has 8 nitrogen and oxygen atoms in total. The standard InChI is InChI=1S/C23H29N5O3/c1-27(13-12-19-8-4-2-5-9-19)15-21-16-28(26-25-21)17-22(29)18-31-23(30)24-14-20-10-6-3-7-11-20/h2-11,16,22,29H,12-15,17-18H2,1H3,(H,24,30). The van der Waals surface area contributed by atoms with Gasteiger partial charge in [0, 0.05) is 25.8 Å². The topological polar surface area (TPSA) is 92.5 Å². The lowest BCUT2D eigenvalue weighted by Gasteiger charge is -2.14. The van der Waals surface area contributed by atoms with Crippen LogP contribution in [-0.2, 0) is 30.8 Å². The van der Waals surface area contributed by atoms with E-state index in [9.17, 15) is 9.90 Å². The molecule has 0 aliphatic heterocycles. The lowest BCUT2D eigenvalue weighted by molar-refractivity contribution is 0.0561. The van der Waals surface area contributed by atoms with E-state index in [2.05, 4.69) is 32.7 Å². The molecule has 1 amide bonds. The number of hydrogen-bond donors (Lipinski definition) is 2. The van der Waals surface area contributed by atoms with Crippen molar-refractivity contribution in [3.05, 3.63) is 83.7 Å². The summed E-state index contributed by atoms with van der Waals surface area (Å²) < 4.78 is 6.64. The second kappa shape index (κ2) is 11.8. The largest absolute Gasteiger partial charge is 0.447 e. The predicted molar refractivity (Wildman–Crippen MR) is 117 cm³/mol. The zero-order valence-corrected chi connectivity index (χ0v) is 17.7. The molecule has 0 fully saturated rings. The number of benzene rings is 2. The molecule has 3 rings (SSSR count). The highest BCUT2D eigenvalue weighted by Gasteiger charge is 2.12. The molecule has 8 heteroatoms. The molecule has 31 heavy (non-hydrogen) atoms. The third kappa shape index (κ3) is 8.19. The van der Waals surface area contributed by atoms with Crippen LogP contribution in [0.5, 0.6) is 0 Å². The van der Waals surface area contributed by atoms with E-state index in [4.69, 9.17) is 4.74 Å². The van der Waals surface area contributed by atoms with Gasteiger partial charge in [-0.2, -0.15) is 0 Å². The summed E-state index contributed by atoms with van der Waals surface area (Å²) in [4.78, 5) is 14.0. The zero-order chi connectivity index (χ0) is 21.9. The molecule has 1 heterocycles. The summed E-state index contributed by atoms with van der Waals surface area (Å²) in [5, 5.41) is 21.0. The van der Waals surface area contributed by atoms with Crippen LogP contribution in [0.4, 0.5) is 4.79 Å². The molecule has 164 valence electrons. The van der Waals surface area contributed by atoms with Crippen molar-refractivity contribution in [3.63, 3.8) is 0 Å². The number of carbonyl (C=O) groups is 1. The predicted octanol–water partition coefficient (Wildman–Crippen LogP) is 2.24. The summed E-state index contributed by atoms with van der Waals surface area (Å²) in [7, 11) is 2.04. The molecule has 0 saturated heterocycles. The Bertz CT molecular complexity index is 917. The van der Waals surface area contributed by atoms with Crippen LogP contribution in [0.2, 0.25) is 0 Å². The lowest BCUT2D eigenvalue weighted by atomic mass is 10.1. The molecule has 3 aromatic rings. The first-order valence-electron chi connectivity index (χ1n) is 10.3. The molecule has 0 aliphatic carbocycles. The fourth-order valence-electron chi connectivity index (χ4n) is 3.08. The Kier molecular flexibility index (Phi) is 8.57. The molecule has 0 saturated carbocycles. The van der Waals surface area contributed by atoms with Gasteiger partial charge in [-0.25, -0.2) is 9.48 Å². The van der Waals surface area contributed by atoms with Crippen LogP contribution in [0, 0.1) is 0 Å². The van der Waals surface area contributed by atoms with Crippen molar-refractivity contribution in [2.75, 3.05) is 20.2 Å². The van der Waals surface area contributed by atoms with Gasteiger partial charge in [0.25, 0.3) is 0 Å². The van der Waals surface area contributed by atoms with E-state index >= 15 is 0 Å². The number of amides is 1. The first kappa shape index (κ1) is 22.5. The van der Waals surface area contributed by atoms with Crippen molar-refractivity contribution in [2.24, 2.45) is 0 Å². The molecule has 0 aliphatic rings. The molecule has 2 aromatic carbocycles. The third-order valence-electron chi connectivity index (χ3n) is 4.73. The Morgan fingerprint density at radius 1 is 1.13 bits per heavy atom. The molecular weight excluding hydrogens is 394 g/mol. The molecule has 2 N–H and O–H groups in total. The van der Waals surface area contributed by atoms with E-state index in [0.717, 1.165) is 24.2 Å². The normalized spacial score (nSPS) is 12.0. The van der Waals surface area contributed by atoms with Gasteiger partial charge in [0.15, 0.2) is 0 Å². The number of aliphatic hydroxyl groups is 1. The van der Waals surface area contributed by atoms with Crippen molar-refractivity contribution < 1.29 is 14.6 Å². The molecule has 1 unspecified atom stereocenters. The molecule has 0 spiro atoms. The van der Waals surface area contributed by atoms with Crippen molar-refractivity contribution in [1.29, 1.82) is 0 Å². The van der Waals surface area contributed by atoms with Gasteiger partial charge < -0.3 is 20.1 Å². The fraction of sp³-hybridized carbons (Fsp3) is 0.348. The Balaban J connectivity index is 1.34. The minimum Gasteiger partial charge on any atom is -0.447 e. The highest BCUT2D eigenvalue weighted by Crippen LogP contribution is 2.04. The maximum absolute atomic E-state index is 11.8. The van der Waals surface area contributed by atoms with Gasteiger partial charge >= 0.3 is 6.09 Å². The van der Waals surface area contributed by atoms with Crippen LogP contribution in [0.25, 0.3) is 0 Å². The number of ether oxygens (including phenoxy) is 1. The number of aromatic nitrogens is 3. The number of alkyl carbamates (subject to hydrolysis) is 1. The molecule has 1 atom stereocenters. The number of carbonyl (C=O) groups excluding carboxylic acids is 1. The number of likely N-dealkylation sites (N-methyl/N-ethyl adjacent to an activating group) is 1. The molecular formula is C23H29N5O3. The minimum absolute atomic E-state index is 0.118. The second-order valence-electron chi connectivity index (χ2n) is 7.50. The van der Waals surface area contributed by atoms with Gasteiger partial charge in [0.2, 0.25) is 0 Å². The summed E-state index contributed by atoms with van der Waals surface area (Å²) >= 11 is 0. The third-order valence-corrected chi connectivity index (χ3v) is 4.73. The van der Waals surface area contributed by atoms with E-state index in [1.54, 1.807) is 10.9 Å². The van der Waals surface area contributed by atoms with Gasteiger partial charge in [-0.1, -0.05) is 65.9 Å². The zero-order valence-electron chi connectivity index (χ0n) is 17.7. The monoisotopic (exact) mass is 423 g/mol. The highest BCUT2D eigenvalue weighted by atomic mass is 16.6. The van der Waals surface area contributed by atoms with Crippen LogP contribution in [0.3, 0.4) is 0 Å². The lowest BCUT2D eigenvalue weighted by Crippen LogP contribution is -2.29. The van der Waals surface area contributed by atoms with Crippen LogP contribution >= 0.6 is 0 Å². The number of nitrogens with zero attached hydrogens (tertiary/aromatic N) is 4. The number of rotatable bonds is 11. The summed E-state index contributed by atoms with van der Waals surface area (Å²) in [6.45, 7) is 2.03. The van der Waals surface area contributed by atoms with Gasteiger partial charge in [-0.3, -0.25) is 0 Å². The van der Waals surface area contributed by atoms with E-state index < -0.39 is 12.2 Å². The Morgan fingerprint density at radius 2 is 1.81 bits per heavy atom. The second-order valence-corrected chi connectivity index (χ2v) is 7.50. The summed E-state index contributed by atoms with van der Waals surface area (Å²) in [6.07, 6.45) is 1.33. The fourth-order valence-corrected chi connectivity index (χ4v) is 3.08. The average Bonchev–Trinajstić information content (AvgIpc) is 3.22.